The monoisotopic (exact) mass is 268 g/mol. The lowest BCUT2D eigenvalue weighted by Gasteiger charge is -2.25. The van der Waals surface area contributed by atoms with E-state index in [0.717, 1.165) is 23.0 Å². The first-order chi connectivity index (χ1) is 8.48. The van der Waals surface area contributed by atoms with Crippen molar-refractivity contribution in [2.75, 3.05) is 12.8 Å². The van der Waals surface area contributed by atoms with Gasteiger partial charge in [-0.3, -0.25) is 4.79 Å². The van der Waals surface area contributed by atoms with Crippen molar-refractivity contribution in [1.82, 2.24) is 15.3 Å². The molecule has 1 atom stereocenters. The number of likely N-dealkylation sites (N-methyl/N-ethyl adjacent to an activating group) is 1. The van der Waals surface area contributed by atoms with Gasteiger partial charge in [0.1, 0.15) is 0 Å². The third-order valence-electron chi connectivity index (χ3n) is 2.92. The molecule has 1 amide bonds. The molecule has 0 aromatic carbocycles. The molecule has 1 aromatic rings. The Morgan fingerprint density at radius 1 is 1.61 bits per heavy atom. The van der Waals surface area contributed by atoms with Gasteiger partial charge >= 0.3 is 0 Å². The Kier molecular flexibility index (Phi) is 5.55. The zero-order valence-corrected chi connectivity index (χ0v) is 11.9. The second-order valence-electron chi connectivity index (χ2n) is 4.38. The van der Waals surface area contributed by atoms with Crippen LogP contribution in [0.3, 0.4) is 0 Å². The summed E-state index contributed by atoms with van der Waals surface area (Å²) in [6.07, 6.45) is 3.34. The molecule has 1 aromatic heterocycles. The topological polar surface area (TPSA) is 80.9 Å². The van der Waals surface area contributed by atoms with Crippen molar-refractivity contribution in [3.63, 3.8) is 0 Å². The maximum atomic E-state index is 11.3. The number of nitrogens with two attached hydrogens (primary N) is 1. The molecule has 1 unspecified atom stereocenters. The summed E-state index contributed by atoms with van der Waals surface area (Å²) in [6, 6.07) is 1.87. The molecule has 100 valence electrons. The molecule has 0 fully saturated rings. The highest BCUT2D eigenvalue weighted by molar-refractivity contribution is 7.99. The van der Waals surface area contributed by atoms with Gasteiger partial charge in [0.15, 0.2) is 5.16 Å². The Labute approximate surface area is 112 Å². The minimum absolute atomic E-state index is 0.318. The normalized spacial score (nSPS) is 14.2. The highest BCUT2D eigenvalue weighted by Gasteiger charge is 2.27. The third kappa shape index (κ3) is 4.27. The van der Waals surface area contributed by atoms with Gasteiger partial charge in [0.25, 0.3) is 0 Å². The largest absolute Gasteiger partial charge is 0.368 e. The summed E-state index contributed by atoms with van der Waals surface area (Å²) >= 11 is 1.60. The number of nitrogens with one attached hydrogen (secondary N) is 1. The first kappa shape index (κ1) is 14.9. The van der Waals surface area contributed by atoms with Crippen molar-refractivity contribution < 1.29 is 4.79 Å². The molecule has 5 nitrogen and oxygen atoms in total. The van der Waals surface area contributed by atoms with E-state index in [1.165, 1.54) is 0 Å². The lowest BCUT2D eigenvalue weighted by atomic mass is 9.96. The van der Waals surface area contributed by atoms with E-state index in [1.54, 1.807) is 25.0 Å². The van der Waals surface area contributed by atoms with Gasteiger partial charge < -0.3 is 11.1 Å². The van der Waals surface area contributed by atoms with E-state index < -0.39 is 5.54 Å². The average Bonchev–Trinajstić information content (AvgIpc) is 2.34. The zero-order valence-electron chi connectivity index (χ0n) is 11.1. The summed E-state index contributed by atoms with van der Waals surface area (Å²) in [5, 5.41) is 3.75. The second-order valence-corrected chi connectivity index (χ2v) is 5.44. The van der Waals surface area contributed by atoms with Gasteiger partial charge in [0.2, 0.25) is 5.91 Å². The molecule has 18 heavy (non-hydrogen) atoms. The van der Waals surface area contributed by atoms with E-state index in [0.29, 0.717) is 6.42 Å². The molecule has 0 bridgehead atoms. The van der Waals surface area contributed by atoms with E-state index in [2.05, 4.69) is 15.3 Å². The van der Waals surface area contributed by atoms with Crippen LogP contribution in [0.5, 0.6) is 0 Å². The fourth-order valence-corrected chi connectivity index (χ4v) is 2.27. The molecule has 0 radical (unpaired) electrons. The highest BCUT2D eigenvalue weighted by atomic mass is 32.2. The SMILES string of the molecule is CNC(C)(CCCSc1nccc(C)n1)C(N)=O. The standard InChI is InChI=1S/C12H20N4OS/c1-9-5-7-15-11(16-9)18-8-4-6-12(2,14-3)10(13)17/h5,7,14H,4,6,8H2,1-3H3,(H2,13,17). The molecule has 3 N–H and O–H groups in total. The van der Waals surface area contributed by atoms with Gasteiger partial charge in [-0.2, -0.15) is 0 Å². The van der Waals surface area contributed by atoms with E-state index in [4.69, 9.17) is 5.73 Å². The molecular weight excluding hydrogens is 248 g/mol. The van der Waals surface area contributed by atoms with Crippen molar-refractivity contribution in [2.24, 2.45) is 5.73 Å². The summed E-state index contributed by atoms with van der Waals surface area (Å²) in [5.41, 5.74) is 5.69. The maximum Gasteiger partial charge on any atom is 0.237 e. The lowest BCUT2D eigenvalue weighted by molar-refractivity contribution is -0.123. The molecule has 1 heterocycles. The minimum atomic E-state index is -0.631. The quantitative estimate of drug-likeness (QED) is 0.440. The Morgan fingerprint density at radius 2 is 2.33 bits per heavy atom. The van der Waals surface area contributed by atoms with Crippen LogP contribution >= 0.6 is 11.8 Å². The number of hydrogen-bond acceptors (Lipinski definition) is 5. The van der Waals surface area contributed by atoms with Gasteiger partial charge in [-0.25, -0.2) is 9.97 Å². The maximum absolute atomic E-state index is 11.3. The minimum Gasteiger partial charge on any atom is -0.368 e. The van der Waals surface area contributed by atoms with Crippen LogP contribution in [-0.4, -0.2) is 34.2 Å². The highest BCUT2D eigenvalue weighted by Crippen LogP contribution is 2.18. The van der Waals surface area contributed by atoms with Crippen LogP contribution in [0.25, 0.3) is 0 Å². The molecule has 0 aliphatic carbocycles. The second kappa shape index (κ2) is 6.70. The third-order valence-corrected chi connectivity index (χ3v) is 3.87. The number of aromatic nitrogens is 2. The van der Waals surface area contributed by atoms with E-state index in [1.807, 2.05) is 19.9 Å². The number of carbonyl (C=O) groups is 1. The fourth-order valence-electron chi connectivity index (χ4n) is 1.46. The van der Waals surface area contributed by atoms with Crippen molar-refractivity contribution >= 4 is 17.7 Å². The molecular formula is C12H20N4OS. The summed E-state index contributed by atoms with van der Waals surface area (Å²) < 4.78 is 0. The van der Waals surface area contributed by atoms with Gasteiger partial charge in [-0.1, -0.05) is 11.8 Å². The van der Waals surface area contributed by atoms with Crippen LogP contribution in [0.1, 0.15) is 25.5 Å². The molecule has 0 aliphatic heterocycles. The van der Waals surface area contributed by atoms with Crippen LogP contribution < -0.4 is 11.1 Å². The Hall–Kier alpha value is -1.14. The van der Waals surface area contributed by atoms with Crippen LogP contribution in [0.4, 0.5) is 0 Å². The van der Waals surface area contributed by atoms with Crippen molar-refractivity contribution in [3.05, 3.63) is 18.0 Å². The van der Waals surface area contributed by atoms with Crippen molar-refractivity contribution in [2.45, 2.75) is 37.4 Å². The number of nitrogens with zero attached hydrogens (tertiary/aromatic N) is 2. The molecule has 0 saturated carbocycles. The summed E-state index contributed by atoms with van der Waals surface area (Å²) in [5.74, 6) is 0.551. The first-order valence-corrected chi connectivity index (χ1v) is 6.88. The van der Waals surface area contributed by atoms with E-state index >= 15 is 0 Å². The van der Waals surface area contributed by atoms with E-state index in [9.17, 15) is 4.79 Å². The van der Waals surface area contributed by atoms with E-state index in [-0.39, 0.29) is 5.91 Å². The predicted octanol–water partition coefficient (Wildman–Crippen LogP) is 1.12. The summed E-state index contributed by atoms with van der Waals surface area (Å²) in [4.78, 5) is 19.8. The molecule has 0 spiro atoms. The zero-order chi connectivity index (χ0) is 13.6. The Bertz CT molecular complexity index is 413. The molecule has 0 saturated heterocycles. The number of carbonyl (C=O) groups excluding carboxylic acids is 1. The smallest absolute Gasteiger partial charge is 0.237 e. The van der Waals surface area contributed by atoms with Gasteiger partial charge in [-0.05, 0) is 39.8 Å². The Balaban J connectivity index is 2.37. The van der Waals surface area contributed by atoms with Crippen molar-refractivity contribution in [1.29, 1.82) is 0 Å². The van der Waals surface area contributed by atoms with Crippen LogP contribution in [0, 0.1) is 6.92 Å². The number of rotatable bonds is 7. The van der Waals surface area contributed by atoms with Crippen LogP contribution in [0.2, 0.25) is 0 Å². The first-order valence-electron chi connectivity index (χ1n) is 5.89. The van der Waals surface area contributed by atoms with Gasteiger partial charge in [0.05, 0.1) is 5.54 Å². The van der Waals surface area contributed by atoms with Gasteiger partial charge in [0, 0.05) is 17.6 Å². The fraction of sp³-hybridized carbons (Fsp3) is 0.583. The van der Waals surface area contributed by atoms with Crippen LogP contribution in [-0.2, 0) is 4.79 Å². The number of primary amides is 1. The van der Waals surface area contributed by atoms with Gasteiger partial charge in [-0.15, -0.1) is 0 Å². The lowest BCUT2D eigenvalue weighted by Crippen LogP contribution is -2.51. The predicted molar refractivity (Wildman–Crippen MR) is 73.4 cm³/mol. The number of amides is 1. The number of thioether (sulfide) groups is 1. The summed E-state index contributed by atoms with van der Waals surface area (Å²) in [7, 11) is 1.75. The van der Waals surface area contributed by atoms with Crippen molar-refractivity contribution in [3.8, 4) is 0 Å². The molecule has 1 rings (SSSR count). The van der Waals surface area contributed by atoms with Crippen LogP contribution in [0.15, 0.2) is 17.4 Å². The molecule has 0 aliphatic rings. The Morgan fingerprint density at radius 3 is 2.89 bits per heavy atom. The summed E-state index contributed by atoms with van der Waals surface area (Å²) in [6.45, 7) is 3.76. The average molecular weight is 268 g/mol. The number of hydrogen-bond donors (Lipinski definition) is 2. The molecule has 6 heteroatoms. The number of aryl methyl sites for hydroxylation is 1.